The number of carboxylic acid groups (broad SMARTS) is 1. The summed E-state index contributed by atoms with van der Waals surface area (Å²) < 4.78 is 18.2. The monoisotopic (exact) mass is 384 g/mol. The molecule has 1 N–H and O–H groups in total. The Morgan fingerprint density at radius 2 is 2.15 bits per heavy atom. The summed E-state index contributed by atoms with van der Waals surface area (Å²) >= 11 is 6.00. The summed E-state index contributed by atoms with van der Waals surface area (Å²) in [4.78, 5) is 28.3. The molecule has 26 heavy (non-hydrogen) atoms. The first-order chi connectivity index (χ1) is 12.4. The van der Waals surface area contributed by atoms with Gasteiger partial charge in [0.15, 0.2) is 0 Å². The third kappa shape index (κ3) is 3.56. The molecular weight excluding hydrogens is 363 g/mol. The Hall–Kier alpha value is -1.70. The van der Waals surface area contributed by atoms with Gasteiger partial charge in [0.1, 0.15) is 11.2 Å². The molecule has 8 heteroatoms. The lowest BCUT2D eigenvalue weighted by Gasteiger charge is -2.25. The highest BCUT2D eigenvalue weighted by atomic mass is 35.5. The Kier molecular flexibility index (Phi) is 5.50. The van der Waals surface area contributed by atoms with Crippen LogP contribution >= 0.6 is 11.6 Å². The number of aliphatic carboxylic acids is 1. The largest absolute Gasteiger partial charge is 0.481 e. The Bertz CT molecular complexity index is 716. The molecule has 0 bridgehead atoms. The Morgan fingerprint density at radius 3 is 2.77 bits per heavy atom. The molecule has 0 radical (unpaired) electrons. The highest BCUT2D eigenvalue weighted by Crippen LogP contribution is 2.43. The molecule has 0 unspecified atom stereocenters. The number of halogens is 2. The second-order valence-corrected chi connectivity index (χ2v) is 7.48. The van der Waals surface area contributed by atoms with Crippen molar-refractivity contribution in [2.24, 2.45) is 11.3 Å². The normalized spacial score (nSPS) is 25.5. The standard InChI is InChI=1S/C18H22ClFN2O4/c1-26-5-4-21-8-13-9-22(11-18(13,10-21)17(24)25)16(23)6-12-2-3-14(20)7-15(12)19/h2-3,7,13H,4-6,8-11H2,1H3,(H,24,25)/t13-,18-/m0/s1. The van der Waals surface area contributed by atoms with Crippen molar-refractivity contribution in [2.75, 3.05) is 46.4 Å². The number of hydrogen-bond acceptors (Lipinski definition) is 4. The Labute approximate surface area is 156 Å². The molecule has 1 aromatic carbocycles. The van der Waals surface area contributed by atoms with Gasteiger partial charge in [0.05, 0.1) is 13.0 Å². The third-order valence-corrected chi connectivity index (χ3v) is 5.78. The summed E-state index contributed by atoms with van der Waals surface area (Å²) in [5.41, 5.74) is -0.392. The van der Waals surface area contributed by atoms with Gasteiger partial charge in [-0.15, -0.1) is 0 Å². The zero-order chi connectivity index (χ0) is 18.9. The number of fused-ring (bicyclic) bond motifs is 1. The van der Waals surface area contributed by atoms with Gasteiger partial charge >= 0.3 is 5.97 Å². The molecule has 0 aromatic heterocycles. The van der Waals surface area contributed by atoms with E-state index in [9.17, 15) is 19.1 Å². The summed E-state index contributed by atoms with van der Waals surface area (Å²) in [7, 11) is 1.62. The first-order valence-electron chi connectivity index (χ1n) is 8.52. The fourth-order valence-electron chi connectivity index (χ4n) is 3.99. The minimum Gasteiger partial charge on any atom is -0.481 e. The number of benzene rings is 1. The summed E-state index contributed by atoms with van der Waals surface area (Å²) in [5.74, 6) is -1.61. The highest BCUT2D eigenvalue weighted by molar-refractivity contribution is 6.31. The second-order valence-electron chi connectivity index (χ2n) is 7.07. The first-order valence-corrected chi connectivity index (χ1v) is 8.90. The fourth-order valence-corrected chi connectivity index (χ4v) is 4.23. The molecule has 2 atom stereocenters. The first kappa shape index (κ1) is 19.1. The zero-order valence-corrected chi connectivity index (χ0v) is 15.3. The number of nitrogens with zero attached hydrogens (tertiary/aromatic N) is 2. The molecule has 0 saturated carbocycles. The zero-order valence-electron chi connectivity index (χ0n) is 14.6. The van der Waals surface area contributed by atoms with Crippen LogP contribution < -0.4 is 0 Å². The maximum atomic E-state index is 13.1. The van der Waals surface area contributed by atoms with Crippen LogP contribution in [0.2, 0.25) is 5.02 Å². The van der Waals surface area contributed by atoms with Crippen molar-refractivity contribution in [1.29, 1.82) is 0 Å². The predicted octanol–water partition coefficient (Wildman–Crippen LogP) is 1.51. The molecule has 6 nitrogen and oxygen atoms in total. The molecule has 2 fully saturated rings. The minimum absolute atomic E-state index is 0.0366. The number of carboxylic acids is 1. The summed E-state index contributed by atoms with van der Waals surface area (Å²) in [6.45, 7) is 2.88. The van der Waals surface area contributed by atoms with Crippen LogP contribution in [0.25, 0.3) is 0 Å². The van der Waals surface area contributed by atoms with Crippen LogP contribution in [0.5, 0.6) is 0 Å². The lowest BCUT2D eigenvalue weighted by atomic mass is 9.81. The van der Waals surface area contributed by atoms with Crippen molar-refractivity contribution >= 4 is 23.5 Å². The van der Waals surface area contributed by atoms with Gasteiger partial charge in [0, 0.05) is 50.8 Å². The van der Waals surface area contributed by atoms with E-state index >= 15 is 0 Å². The number of carbonyl (C=O) groups excluding carboxylic acids is 1. The molecule has 1 amide bonds. The van der Waals surface area contributed by atoms with E-state index in [1.807, 2.05) is 0 Å². The second kappa shape index (κ2) is 7.50. The SMILES string of the molecule is COCCN1C[C@H]2CN(C(=O)Cc3ccc(F)cc3Cl)C[C@@]2(C(=O)O)C1. The van der Waals surface area contributed by atoms with Crippen LogP contribution in [0, 0.1) is 17.2 Å². The average molecular weight is 385 g/mol. The van der Waals surface area contributed by atoms with E-state index in [0.29, 0.717) is 38.3 Å². The molecule has 142 valence electrons. The molecule has 0 aliphatic carbocycles. The highest BCUT2D eigenvalue weighted by Gasteiger charge is 2.58. The molecule has 2 aliphatic rings. The topological polar surface area (TPSA) is 70.1 Å². The van der Waals surface area contributed by atoms with Gasteiger partial charge in [0.25, 0.3) is 0 Å². The van der Waals surface area contributed by atoms with Crippen LogP contribution in [-0.4, -0.2) is 73.2 Å². The maximum absolute atomic E-state index is 13.1. The van der Waals surface area contributed by atoms with Crippen LogP contribution in [0.3, 0.4) is 0 Å². The molecule has 2 aliphatic heterocycles. The smallest absolute Gasteiger partial charge is 0.313 e. The fraction of sp³-hybridized carbons (Fsp3) is 0.556. The summed E-state index contributed by atoms with van der Waals surface area (Å²) in [6.07, 6.45) is 0.0366. The van der Waals surface area contributed by atoms with Crippen LogP contribution in [0.4, 0.5) is 4.39 Å². The van der Waals surface area contributed by atoms with Crippen molar-refractivity contribution in [3.8, 4) is 0 Å². The number of carbonyl (C=O) groups is 2. The number of likely N-dealkylation sites (tertiary alicyclic amines) is 2. The van der Waals surface area contributed by atoms with E-state index in [-0.39, 0.29) is 29.8 Å². The quantitative estimate of drug-likeness (QED) is 0.805. The van der Waals surface area contributed by atoms with Crippen molar-refractivity contribution < 1.29 is 23.8 Å². The maximum Gasteiger partial charge on any atom is 0.313 e. The number of methoxy groups -OCH3 is 1. The molecule has 3 rings (SSSR count). The number of amides is 1. The van der Waals surface area contributed by atoms with Gasteiger partial charge in [-0.2, -0.15) is 0 Å². The molecule has 2 heterocycles. The molecular formula is C18H22ClFN2O4. The minimum atomic E-state index is -0.935. The Morgan fingerprint density at radius 1 is 1.38 bits per heavy atom. The van der Waals surface area contributed by atoms with Crippen molar-refractivity contribution in [3.63, 3.8) is 0 Å². The molecule has 0 spiro atoms. The van der Waals surface area contributed by atoms with E-state index < -0.39 is 17.2 Å². The van der Waals surface area contributed by atoms with Crippen LogP contribution in [-0.2, 0) is 20.7 Å². The van der Waals surface area contributed by atoms with Gasteiger partial charge in [0.2, 0.25) is 5.91 Å². The van der Waals surface area contributed by atoms with E-state index in [1.54, 1.807) is 12.0 Å². The van der Waals surface area contributed by atoms with E-state index in [4.69, 9.17) is 16.3 Å². The van der Waals surface area contributed by atoms with Crippen LogP contribution in [0.1, 0.15) is 5.56 Å². The number of ether oxygens (including phenoxy) is 1. The van der Waals surface area contributed by atoms with E-state index in [2.05, 4.69) is 4.90 Å². The lowest BCUT2D eigenvalue weighted by molar-refractivity contribution is -0.149. The van der Waals surface area contributed by atoms with Crippen molar-refractivity contribution in [1.82, 2.24) is 9.80 Å². The van der Waals surface area contributed by atoms with Crippen molar-refractivity contribution in [2.45, 2.75) is 6.42 Å². The van der Waals surface area contributed by atoms with E-state index in [1.165, 1.54) is 18.2 Å². The number of rotatable bonds is 6. The third-order valence-electron chi connectivity index (χ3n) is 5.43. The van der Waals surface area contributed by atoms with Gasteiger partial charge in [-0.1, -0.05) is 17.7 Å². The van der Waals surface area contributed by atoms with Gasteiger partial charge in [-0.25, -0.2) is 4.39 Å². The van der Waals surface area contributed by atoms with Crippen molar-refractivity contribution in [3.05, 3.63) is 34.6 Å². The number of hydrogen-bond donors (Lipinski definition) is 1. The molecule has 2 saturated heterocycles. The van der Waals surface area contributed by atoms with E-state index in [0.717, 1.165) is 0 Å². The predicted molar refractivity (Wildman–Crippen MR) is 93.6 cm³/mol. The van der Waals surface area contributed by atoms with Gasteiger partial charge in [-0.05, 0) is 17.7 Å². The summed E-state index contributed by atoms with van der Waals surface area (Å²) in [5, 5.41) is 10.0. The summed E-state index contributed by atoms with van der Waals surface area (Å²) in [6, 6.07) is 3.93. The Balaban J connectivity index is 1.69. The van der Waals surface area contributed by atoms with Gasteiger partial charge in [-0.3, -0.25) is 14.5 Å². The molecule has 1 aromatic rings. The lowest BCUT2D eigenvalue weighted by Crippen LogP contribution is -2.42. The average Bonchev–Trinajstić information content (AvgIpc) is 3.10. The van der Waals surface area contributed by atoms with Crippen LogP contribution in [0.15, 0.2) is 18.2 Å². The van der Waals surface area contributed by atoms with Gasteiger partial charge < -0.3 is 14.7 Å².